The largest absolute Gasteiger partial charge is 0.462 e. The maximum absolute atomic E-state index is 12.6. The van der Waals surface area contributed by atoms with Gasteiger partial charge >= 0.3 is 11.9 Å². The number of unbranched alkanes of at least 4 members (excludes halogenated alkanes) is 1. The Labute approximate surface area is 175 Å². The molecule has 0 saturated heterocycles. The Morgan fingerprint density at radius 2 is 1.64 bits per heavy atom. The van der Waals surface area contributed by atoms with Crippen LogP contribution >= 0.6 is 23.2 Å². The Morgan fingerprint density at radius 1 is 0.964 bits per heavy atom. The van der Waals surface area contributed by atoms with Gasteiger partial charge in [-0.2, -0.15) is 0 Å². The van der Waals surface area contributed by atoms with Gasteiger partial charge in [-0.3, -0.25) is 0 Å². The lowest BCUT2D eigenvalue weighted by molar-refractivity contribution is 0.0422. The number of rotatable bonds is 9. The molecule has 28 heavy (non-hydrogen) atoms. The van der Waals surface area contributed by atoms with Crippen molar-refractivity contribution in [2.45, 2.75) is 39.5 Å². The fraction of sp³-hybridized carbons (Fsp3) is 0.364. The molecule has 1 unspecified atom stereocenters. The van der Waals surface area contributed by atoms with Gasteiger partial charge in [0.1, 0.15) is 5.75 Å². The van der Waals surface area contributed by atoms with Crippen LogP contribution in [-0.2, 0) is 4.74 Å². The average molecular weight is 423 g/mol. The van der Waals surface area contributed by atoms with E-state index in [1.807, 2.05) is 0 Å². The van der Waals surface area contributed by atoms with Crippen molar-refractivity contribution in [1.29, 1.82) is 0 Å². The molecule has 1 atom stereocenters. The number of halogens is 2. The van der Waals surface area contributed by atoms with Crippen LogP contribution in [-0.4, -0.2) is 18.5 Å². The molecule has 150 valence electrons. The molecule has 0 saturated carbocycles. The monoisotopic (exact) mass is 422 g/mol. The molecule has 0 amide bonds. The van der Waals surface area contributed by atoms with E-state index in [1.165, 1.54) is 24.3 Å². The summed E-state index contributed by atoms with van der Waals surface area (Å²) >= 11 is 11.8. The SMILES string of the molecule is CCCCC(CC)COC(=O)c1ccccc1C(=O)Oc1ccc(Cl)c(Cl)c1. The topological polar surface area (TPSA) is 52.6 Å². The minimum Gasteiger partial charge on any atom is -0.462 e. The number of benzene rings is 2. The Hall–Kier alpha value is -2.04. The third-order valence-electron chi connectivity index (χ3n) is 4.46. The van der Waals surface area contributed by atoms with E-state index in [2.05, 4.69) is 13.8 Å². The highest BCUT2D eigenvalue weighted by atomic mass is 35.5. The minimum atomic E-state index is -0.663. The Balaban J connectivity index is 2.09. The van der Waals surface area contributed by atoms with Crippen LogP contribution in [0, 0.1) is 5.92 Å². The molecule has 0 aliphatic rings. The van der Waals surface area contributed by atoms with E-state index in [0.717, 1.165) is 25.7 Å². The lowest BCUT2D eigenvalue weighted by Crippen LogP contribution is -2.18. The molecule has 0 fully saturated rings. The summed E-state index contributed by atoms with van der Waals surface area (Å²) < 4.78 is 10.8. The lowest BCUT2D eigenvalue weighted by Gasteiger charge is -2.15. The van der Waals surface area contributed by atoms with E-state index in [9.17, 15) is 9.59 Å². The number of hydrogen-bond donors (Lipinski definition) is 0. The van der Waals surface area contributed by atoms with Gasteiger partial charge in [0.2, 0.25) is 0 Å². The second kappa shape index (κ2) is 11.1. The zero-order valence-electron chi connectivity index (χ0n) is 16.0. The summed E-state index contributed by atoms with van der Waals surface area (Å²) in [5.74, 6) is -0.631. The molecule has 2 aromatic carbocycles. The van der Waals surface area contributed by atoms with E-state index in [4.69, 9.17) is 32.7 Å². The van der Waals surface area contributed by atoms with Crippen molar-refractivity contribution in [3.8, 4) is 5.75 Å². The van der Waals surface area contributed by atoms with E-state index < -0.39 is 11.9 Å². The molecule has 0 spiro atoms. The molecule has 0 aliphatic carbocycles. The van der Waals surface area contributed by atoms with Crippen molar-refractivity contribution in [2.24, 2.45) is 5.92 Å². The minimum absolute atomic E-state index is 0.139. The normalized spacial score (nSPS) is 11.7. The smallest absolute Gasteiger partial charge is 0.344 e. The maximum Gasteiger partial charge on any atom is 0.344 e. The maximum atomic E-state index is 12.6. The first kappa shape index (κ1) is 22.3. The lowest BCUT2D eigenvalue weighted by atomic mass is 10.0. The number of ether oxygens (including phenoxy) is 2. The van der Waals surface area contributed by atoms with Crippen LogP contribution in [0.2, 0.25) is 10.0 Å². The van der Waals surface area contributed by atoms with Crippen LogP contribution in [0.4, 0.5) is 0 Å². The molecule has 6 heteroatoms. The van der Waals surface area contributed by atoms with Crippen LogP contribution < -0.4 is 4.74 Å². The molecule has 2 rings (SSSR count). The van der Waals surface area contributed by atoms with Crippen LogP contribution in [0.5, 0.6) is 5.75 Å². The zero-order chi connectivity index (χ0) is 20.5. The quantitative estimate of drug-likeness (QED) is 0.337. The molecule has 0 bridgehead atoms. The van der Waals surface area contributed by atoms with E-state index in [-0.39, 0.29) is 21.9 Å². The van der Waals surface area contributed by atoms with Crippen molar-refractivity contribution in [3.05, 3.63) is 63.6 Å². The average Bonchev–Trinajstić information content (AvgIpc) is 2.70. The first-order chi connectivity index (χ1) is 13.5. The summed E-state index contributed by atoms with van der Waals surface area (Å²) in [6.45, 7) is 4.55. The molecule has 4 nitrogen and oxygen atoms in total. The van der Waals surface area contributed by atoms with Crippen molar-refractivity contribution < 1.29 is 19.1 Å². The summed E-state index contributed by atoms with van der Waals surface area (Å²) in [6, 6.07) is 11.0. The Bertz CT molecular complexity index is 820. The predicted octanol–water partition coefficient (Wildman–Crippen LogP) is 6.59. The van der Waals surface area contributed by atoms with Crippen LogP contribution in [0.1, 0.15) is 60.2 Å². The molecular weight excluding hydrogens is 399 g/mol. The number of carbonyl (C=O) groups is 2. The summed E-state index contributed by atoms with van der Waals surface area (Å²) in [5.41, 5.74) is 0.318. The van der Waals surface area contributed by atoms with Gasteiger partial charge in [0.05, 0.1) is 27.8 Å². The van der Waals surface area contributed by atoms with Crippen molar-refractivity contribution in [3.63, 3.8) is 0 Å². The van der Waals surface area contributed by atoms with Crippen molar-refractivity contribution >= 4 is 35.1 Å². The van der Waals surface area contributed by atoms with Crippen molar-refractivity contribution in [2.75, 3.05) is 6.61 Å². The Kier molecular flexibility index (Phi) is 8.81. The van der Waals surface area contributed by atoms with Crippen LogP contribution in [0.25, 0.3) is 0 Å². The third-order valence-corrected chi connectivity index (χ3v) is 5.20. The number of esters is 2. The van der Waals surface area contributed by atoms with Crippen molar-refractivity contribution in [1.82, 2.24) is 0 Å². The predicted molar refractivity (Wildman–Crippen MR) is 111 cm³/mol. The molecule has 2 aromatic rings. The van der Waals surface area contributed by atoms with Gasteiger partial charge in [-0.25, -0.2) is 9.59 Å². The van der Waals surface area contributed by atoms with Gasteiger partial charge in [-0.15, -0.1) is 0 Å². The molecule has 0 aromatic heterocycles. The molecule has 0 radical (unpaired) electrons. The summed E-state index contributed by atoms with van der Waals surface area (Å²) in [4.78, 5) is 25.1. The van der Waals surface area contributed by atoms with E-state index in [1.54, 1.807) is 18.2 Å². The van der Waals surface area contributed by atoms with Gasteiger partial charge in [0.15, 0.2) is 0 Å². The molecule has 0 aliphatic heterocycles. The fourth-order valence-corrected chi connectivity index (χ4v) is 3.00. The molecule has 0 N–H and O–H groups in total. The number of hydrogen-bond acceptors (Lipinski definition) is 4. The zero-order valence-corrected chi connectivity index (χ0v) is 17.6. The molecule has 0 heterocycles. The first-order valence-corrected chi connectivity index (χ1v) is 10.1. The van der Waals surface area contributed by atoms with Crippen LogP contribution in [0.3, 0.4) is 0 Å². The van der Waals surface area contributed by atoms with Gasteiger partial charge in [-0.1, -0.05) is 68.4 Å². The highest BCUT2D eigenvalue weighted by molar-refractivity contribution is 6.42. The Morgan fingerprint density at radius 3 is 2.25 bits per heavy atom. The summed E-state index contributed by atoms with van der Waals surface area (Å²) in [7, 11) is 0. The fourth-order valence-electron chi connectivity index (χ4n) is 2.71. The second-order valence-electron chi connectivity index (χ2n) is 6.53. The first-order valence-electron chi connectivity index (χ1n) is 9.39. The van der Waals surface area contributed by atoms with Gasteiger partial charge in [-0.05, 0) is 36.6 Å². The third kappa shape index (κ3) is 6.25. The van der Waals surface area contributed by atoms with Gasteiger partial charge in [0, 0.05) is 6.07 Å². The molecular formula is C22H24Cl2O4. The summed E-state index contributed by atoms with van der Waals surface area (Å²) in [6.07, 6.45) is 4.16. The van der Waals surface area contributed by atoms with E-state index in [0.29, 0.717) is 17.5 Å². The number of carbonyl (C=O) groups excluding carboxylic acids is 2. The highest BCUT2D eigenvalue weighted by Gasteiger charge is 2.20. The van der Waals surface area contributed by atoms with Gasteiger partial charge < -0.3 is 9.47 Å². The van der Waals surface area contributed by atoms with E-state index >= 15 is 0 Å². The van der Waals surface area contributed by atoms with Crippen LogP contribution in [0.15, 0.2) is 42.5 Å². The summed E-state index contributed by atoms with van der Waals surface area (Å²) in [5, 5.41) is 0.636. The standard InChI is InChI=1S/C22H24Cl2O4/c1-3-5-8-15(4-2)14-27-21(25)17-9-6-7-10-18(17)22(26)28-16-11-12-19(23)20(24)13-16/h6-7,9-13,15H,3-5,8,14H2,1-2H3. The van der Waals surface area contributed by atoms with Gasteiger partial charge in [0.25, 0.3) is 0 Å². The highest BCUT2D eigenvalue weighted by Crippen LogP contribution is 2.27. The second-order valence-corrected chi connectivity index (χ2v) is 7.34.